The zero-order chi connectivity index (χ0) is 24.2. The number of amides is 1. The van der Waals surface area contributed by atoms with Gasteiger partial charge < -0.3 is 15.1 Å². The van der Waals surface area contributed by atoms with E-state index in [-0.39, 0.29) is 30.8 Å². The predicted octanol–water partition coefficient (Wildman–Crippen LogP) is 4.11. The minimum absolute atomic E-state index is 0.00379. The molecular weight excluding hydrogens is 455 g/mol. The molecule has 4 aliphatic rings. The highest BCUT2D eigenvalue weighted by atomic mass is 19.4. The topological polar surface area (TPSA) is 60.8 Å². The molecule has 2 saturated heterocycles. The third kappa shape index (κ3) is 4.75. The van der Waals surface area contributed by atoms with Gasteiger partial charge in [-0.05, 0) is 63.4 Å². The summed E-state index contributed by atoms with van der Waals surface area (Å²) in [5, 5.41) is 3.82. The molecule has 35 heavy (non-hydrogen) atoms. The summed E-state index contributed by atoms with van der Waals surface area (Å²) in [6, 6.07) is 7.64. The third-order valence-electron chi connectivity index (χ3n) is 7.96. The van der Waals surface area contributed by atoms with Gasteiger partial charge in [0.15, 0.2) is 0 Å². The van der Waals surface area contributed by atoms with Crippen molar-refractivity contribution in [2.45, 2.75) is 56.4 Å². The number of rotatable bonds is 5. The number of nitrogens with zero attached hydrogens (tertiary/aromatic N) is 4. The molecule has 1 N–H and O–H groups in total. The first-order valence-electron chi connectivity index (χ1n) is 12.6. The standard InChI is InChI=1S/C26H30F3N5O/c27-26(28,29)17-12-18(32-25(35)16-7-10-33(11-8-16)19-3-4-19)15-34(14-17)23-6-5-20(22-13-31-22)24-21(23)2-1-9-30-24/h1-2,5-6,9,13,16-19,22H,3-4,7-8,10-12,14-15H2,(H,32,35)/t17-,18+,22?/m0/s1. The molecule has 3 fully saturated rings. The maximum atomic E-state index is 13.9. The van der Waals surface area contributed by atoms with Gasteiger partial charge in [0.1, 0.15) is 6.04 Å². The zero-order valence-electron chi connectivity index (χ0n) is 19.5. The van der Waals surface area contributed by atoms with Crippen LogP contribution in [0, 0.1) is 11.8 Å². The van der Waals surface area contributed by atoms with E-state index in [0.29, 0.717) is 12.6 Å². The van der Waals surface area contributed by atoms with Gasteiger partial charge in [-0.3, -0.25) is 14.8 Å². The van der Waals surface area contributed by atoms with Crippen LogP contribution in [0.1, 0.15) is 43.7 Å². The van der Waals surface area contributed by atoms with Crippen molar-refractivity contribution in [1.29, 1.82) is 0 Å². The summed E-state index contributed by atoms with van der Waals surface area (Å²) in [5.41, 5.74) is 2.46. The van der Waals surface area contributed by atoms with Gasteiger partial charge in [-0.1, -0.05) is 6.07 Å². The Morgan fingerprint density at radius 2 is 1.83 bits per heavy atom. The van der Waals surface area contributed by atoms with Crippen LogP contribution in [0.25, 0.3) is 10.9 Å². The first kappa shape index (κ1) is 22.8. The Hall–Kier alpha value is -2.68. The Labute approximate surface area is 202 Å². The SMILES string of the molecule is O=C(N[C@@H]1C[C@H](C(F)(F)F)CN(c2ccc(C3C=N3)c3ncccc23)C1)C1CCN(C2CC2)CC1. The lowest BCUT2D eigenvalue weighted by Crippen LogP contribution is -2.55. The lowest BCUT2D eigenvalue weighted by molar-refractivity contribution is -0.178. The van der Waals surface area contributed by atoms with Crippen molar-refractivity contribution in [1.82, 2.24) is 15.2 Å². The first-order valence-corrected chi connectivity index (χ1v) is 12.6. The summed E-state index contributed by atoms with van der Waals surface area (Å²) in [6.07, 6.45) is 3.17. The summed E-state index contributed by atoms with van der Waals surface area (Å²) < 4.78 is 41.8. The molecule has 4 heterocycles. The maximum Gasteiger partial charge on any atom is 0.393 e. The number of pyridine rings is 1. The zero-order valence-corrected chi connectivity index (χ0v) is 19.5. The molecule has 6 nitrogen and oxygen atoms in total. The molecule has 1 saturated carbocycles. The van der Waals surface area contributed by atoms with Gasteiger partial charge in [0.25, 0.3) is 0 Å². The van der Waals surface area contributed by atoms with Crippen LogP contribution in [0.2, 0.25) is 0 Å². The van der Waals surface area contributed by atoms with Crippen molar-refractivity contribution < 1.29 is 18.0 Å². The molecule has 1 aromatic carbocycles. The number of piperidine rings is 2. The number of fused-ring (bicyclic) bond motifs is 1. The van der Waals surface area contributed by atoms with Gasteiger partial charge >= 0.3 is 6.18 Å². The smallest absolute Gasteiger partial charge is 0.368 e. The van der Waals surface area contributed by atoms with Crippen LogP contribution in [-0.2, 0) is 4.79 Å². The minimum atomic E-state index is -4.33. The van der Waals surface area contributed by atoms with E-state index in [1.165, 1.54) is 12.8 Å². The molecule has 1 aromatic heterocycles. The van der Waals surface area contributed by atoms with Gasteiger partial charge in [-0.25, -0.2) is 0 Å². The van der Waals surface area contributed by atoms with Gasteiger partial charge in [-0.2, -0.15) is 13.2 Å². The highest BCUT2D eigenvalue weighted by Gasteiger charge is 2.45. The summed E-state index contributed by atoms with van der Waals surface area (Å²) in [4.78, 5) is 26.0. The molecule has 0 radical (unpaired) electrons. The Kier molecular flexibility index (Phi) is 5.70. The predicted molar refractivity (Wildman–Crippen MR) is 129 cm³/mol. The van der Waals surface area contributed by atoms with E-state index in [1.807, 2.05) is 30.5 Å². The lowest BCUT2D eigenvalue weighted by Gasteiger charge is -2.41. The Balaban J connectivity index is 1.21. The second-order valence-electron chi connectivity index (χ2n) is 10.4. The van der Waals surface area contributed by atoms with Crippen LogP contribution in [0.15, 0.2) is 35.5 Å². The highest BCUT2D eigenvalue weighted by molar-refractivity contribution is 5.97. The number of hydrogen-bond acceptors (Lipinski definition) is 5. The van der Waals surface area contributed by atoms with Crippen molar-refractivity contribution in [3.63, 3.8) is 0 Å². The number of carbonyl (C=O) groups is 1. The van der Waals surface area contributed by atoms with Crippen LogP contribution >= 0.6 is 0 Å². The van der Waals surface area contributed by atoms with Crippen LogP contribution in [0.4, 0.5) is 18.9 Å². The van der Waals surface area contributed by atoms with Crippen LogP contribution in [0.3, 0.4) is 0 Å². The van der Waals surface area contributed by atoms with Gasteiger partial charge in [-0.15, -0.1) is 0 Å². The molecule has 1 aliphatic carbocycles. The van der Waals surface area contributed by atoms with E-state index in [0.717, 1.165) is 48.1 Å². The van der Waals surface area contributed by atoms with Gasteiger partial charge in [0.2, 0.25) is 5.91 Å². The van der Waals surface area contributed by atoms with Crippen LogP contribution in [0.5, 0.6) is 0 Å². The van der Waals surface area contributed by atoms with Crippen molar-refractivity contribution in [3.8, 4) is 0 Å². The fourth-order valence-electron chi connectivity index (χ4n) is 5.82. The second-order valence-corrected chi connectivity index (χ2v) is 10.4. The molecular formula is C26H30F3N5O. The molecule has 3 atom stereocenters. The molecule has 2 aromatic rings. The number of carbonyl (C=O) groups excluding carboxylic acids is 1. The average molecular weight is 486 g/mol. The highest BCUT2D eigenvalue weighted by Crippen LogP contribution is 2.39. The fraction of sp³-hybridized carbons (Fsp3) is 0.577. The lowest BCUT2D eigenvalue weighted by atomic mass is 9.90. The number of nitrogens with one attached hydrogen (secondary N) is 1. The van der Waals surface area contributed by atoms with E-state index in [1.54, 1.807) is 11.1 Å². The van der Waals surface area contributed by atoms with E-state index in [4.69, 9.17) is 0 Å². The molecule has 3 aliphatic heterocycles. The normalized spacial score (nSPS) is 27.9. The largest absolute Gasteiger partial charge is 0.393 e. The van der Waals surface area contributed by atoms with E-state index < -0.39 is 18.1 Å². The summed E-state index contributed by atoms with van der Waals surface area (Å²) in [7, 11) is 0. The number of aliphatic imine (C=N–C) groups is 1. The van der Waals surface area contributed by atoms with Gasteiger partial charge in [0.05, 0.1) is 11.4 Å². The molecule has 1 amide bonds. The molecule has 6 rings (SSSR count). The van der Waals surface area contributed by atoms with Crippen LogP contribution in [-0.4, -0.2) is 66.4 Å². The molecule has 186 valence electrons. The number of alkyl halides is 3. The Morgan fingerprint density at radius 1 is 1.06 bits per heavy atom. The Bertz CT molecular complexity index is 1130. The number of aromatic nitrogens is 1. The van der Waals surface area contributed by atoms with E-state index >= 15 is 0 Å². The quantitative estimate of drug-likeness (QED) is 0.693. The Morgan fingerprint density at radius 3 is 2.51 bits per heavy atom. The maximum absolute atomic E-state index is 13.9. The van der Waals surface area contributed by atoms with Crippen molar-refractivity contribution in [3.05, 3.63) is 36.0 Å². The monoisotopic (exact) mass is 485 g/mol. The van der Waals surface area contributed by atoms with Crippen molar-refractivity contribution in [2.75, 3.05) is 31.1 Å². The molecule has 0 bridgehead atoms. The summed E-state index contributed by atoms with van der Waals surface area (Å²) >= 11 is 0. The molecule has 1 unspecified atom stereocenters. The number of anilines is 1. The van der Waals surface area contributed by atoms with Crippen LogP contribution < -0.4 is 10.2 Å². The summed E-state index contributed by atoms with van der Waals surface area (Å²) in [6.45, 7) is 2.03. The number of likely N-dealkylation sites (tertiary alicyclic amines) is 1. The molecule has 9 heteroatoms. The van der Waals surface area contributed by atoms with E-state index in [2.05, 4.69) is 20.2 Å². The van der Waals surface area contributed by atoms with E-state index in [9.17, 15) is 18.0 Å². The first-order chi connectivity index (χ1) is 16.9. The third-order valence-corrected chi connectivity index (χ3v) is 7.96. The second kappa shape index (κ2) is 8.76. The van der Waals surface area contributed by atoms with Crippen molar-refractivity contribution in [2.24, 2.45) is 16.8 Å². The van der Waals surface area contributed by atoms with Crippen molar-refractivity contribution >= 4 is 28.7 Å². The number of hydrogen-bond donors (Lipinski definition) is 1. The minimum Gasteiger partial charge on any atom is -0.368 e. The van der Waals surface area contributed by atoms with Gasteiger partial charge in [0, 0.05) is 60.1 Å². The number of halogens is 3. The number of benzene rings is 1. The summed E-state index contributed by atoms with van der Waals surface area (Å²) in [5.74, 6) is -1.72. The fourth-order valence-corrected chi connectivity index (χ4v) is 5.82. The molecule has 0 spiro atoms. The average Bonchev–Trinajstić information content (AvgIpc) is 3.76.